The van der Waals surface area contributed by atoms with Crippen molar-refractivity contribution in [1.82, 2.24) is 0 Å². The number of anilines is 2. The third-order valence-corrected chi connectivity index (χ3v) is 4.99. The van der Waals surface area contributed by atoms with Gasteiger partial charge in [-0.15, -0.1) is 0 Å². The number of nitrogens with zero attached hydrogens (tertiary/aromatic N) is 1. The third-order valence-electron chi connectivity index (χ3n) is 4.99. The van der Waals surface area contributed by atoms with Gasteiger partial charge in [-0.05, 0) is 60.0 Å². The average molecular weight is 384 g/mol. The van der Waals surface area contributed by atoms with Gasteiger partial charge in [0.15, 0.2) is 0 Å². The number of hydrogen-bond acceptors (Lipinski definition) is 3. The lowest BCUT2D eigenvalue weighted by atomic mass is 10.0. The fourth-order valence-electron chi connectivity index (χ4n) is 3.36. The van der Waals surface area contributed by atoms with Crippen molar-refractivity contribution in [2.75, 3.05) is 10.2 Å². The number of hydrogen-bond donors (Lipinski definition) is 1. The molecule has 1 aliphatic rings. The molecule has 0 atom stereocenters. The normalized spacial score (nSPS) is 13.0. The van der Waals surface area contributed by atoms with E-state index in [1.165, 1.54) is 0 Å². The van der Waals surface area contributed by atoms with Crippen LogP contribution in [-0.4, -0.2) is 17.7 Å². The smallest absolute Gasteiger partial charge is 0.266 e. The second-order valence-corrected chi connectivity index (χ2v) is 7.27. The molecule has 0 saturated carbocycles. The highest BCUT2D eigenvalue weighted by Crippen LogP contribution is 2.28. The van der Waals surface area contributed by atoms with E-state index in [1.807, 2.05) is 24.3 Å². The molecule has 1 heterocycles. The summed E-state index contributed by atoms with van der Waals surface area (Å²) in [5, 5.41) is 2.89. The third kappa shape index (κ3) is 3.43. The predicted molar refractivity (Wildman–Crippen MR) is 113 cm³/mol. The molecule has 3 aromatic carbocycles. The van der Waals surface area contributed by atoms with Gasteiger partial charge in [-0.1, -0.05) is 38.1 Å². The molecule has 0 radical (unpaired) electrons. The first-order chi connectivity index (χ1) is 14.0. The van der Waals surface area contributed by atoms with E-state index in [9.17, 15) is 14.4 Å². The Morgan fingerprint density at radius 3 is 2.03 bits per heavy atom. The van der Waals surface area contributed by atoms with E-state index >= 15 is 0 Å². The van der Waals surface area contributed by atoms with Crippen molar-refractivity contribution in [2.24, 2.45) is 0 Å². The number of fused-ring (bicyclic) bond motifs is 1. The molecule has 29 heavy (non-hydrogen) atoms. The maximum Gasteiger partial charge on any atom is 0.266 e. The molecule has 4 rings (SSSR count). The van der Waals surface area contributed by atoms with E-state index in [2.05, 4.69) is 19.2 Å². The summed E-state index contributed by atoms with van der Waals surface area (Å²) in [7, 11) is 0. The first-order valence-corrected chi connectivity index (χ1v) is 9.45. The maximum atomic E-state index is 12.6. The predicted octanol–water partition coefficient (Wildman–Crippen LogP) is 4.86. The van der Waals surface area contributed by atoms with Crippen LogP contribution in [-0.2, 0) is 0 Å². The Morgan fingerprint density at radius 1 is 0.828 bits per heavy atom. The van der Waals surface area contributed by atoms with E-state index in [4.69, 9.17) is 0 Å². The Hall–Kier alpha value is -3.73. The average Bonchev–Trinajstić information content (AvgIpc) is 2.99. The van der Waals surface area contributed by atoms with Crippen molar-refractivity contribution in [3.05, 3.63) is 95.1 Å². The van der Waals surface area contributed by atoms with Gasteiger partial charge >= 0.3 is 0 Å². The number of benzene rings is 3. The molecular weight excluding hydrogens is 364 g/mol. The Morgan fingerprint density at radius 2 is 1.45 bits per heavy atom. The van der Waals surface area contributed by atoms with Crippen LogP contribution in [0.4, 0.5) is 11.4 Å². The minimum Gasteiger partial charge on any atom is -0.322 e. The molecule has 0 aromatic heterocycles. The Balaban J connectivity index is 1.53. The Labute approximate surface area is 169 Å². The van der Waals surface area contributed by atoms with Crippen molar-refractivity contribution in [2.45, 2.75) is 19.8 Å². The van der Waals surface area contributed by atoms with Crippen LogP contribution in [0.5, 0.6) is 0 Å². The molecule has 1 N–H and O–H groups in total. The lowest BCUT2D eigenvalue weighted by molar-refractivity contribution is 0.0925. The van der Waals surface area contributed by atoms with Gasteiger partial charge in [0.05, 0.1) is 16.8 Å². The highest BCUT2D eigenvalue weighted by molar-refractivity contribution is 6.34. The number of carbonyl (C=O) groups excluding carboxylic acids is 3. The molecule has 1 aliphatic heterocycles. The van der Waals surface area contributed by atoms with Crippen molar-refractivity contribution >= 4 is 29.1 Å². The quantitative estimate of drug-likeness (QED) is 0.653. The van der Waals surface area contributed by atoms with Crippen LogP contribution in [0.25, 0.3) is 0 Å². The fourth-order valence-corrected chi connectivity index (χ4v) is 3.36. The van der Waals surface area contributed by atoms with E-state index in [0.29, 0.717) is 28.3 Å². The topological polar surface area (TPSA) is 66.5 Å². The standard InChI is InChI=1S/C24H20N2O3/c1-15(2)17-6-5-7-18(14-17)25-22(27)16-10-12-19(13-11-16)26-23(28)20-8-3-4-9-21(20)24(26)29/h3-15H,1-2H3,(H,25,27). The molecule has 0 bridgehead atoms. The van der Waals surface area contributed by atoms with Crippen LogP contribution in [0.15, 0.2) is 72.8 Å². The van der Waals surface area contributed by atoms with Gasteiger partial charge in [-0.2, -0.15) is 0 Å². The molecule has 0 unspecified atom stereocenters. The number of imide groups is 1. The second-order valence-electron chi connectivity index (χ2n) is 7.27. The highest BCUT2D eigenvalue weighted by atomic mass is 16.2. The van der Waals surface area contributed by atoms with Gasteiger partial charge in [-0.3, -0.25) is 14.4 Å². The summed E-state index contributed by atoms with van der Waals surface area (Å²) in [6, 6.07) is 20.9. The molecule has 0 spiro atoms. The van der Waals surface area contributed by atoms with Gasteiger partial charge in [-0.25, -0.2) is 4.90 Å². The summed E-state index contributed by atoms with van der Waals surface area (Å²) in [6.07, 6.45) is 0. The van der Waals surface area contributed by atoms with Crippen LogP contribution in [0.2, 0.25) is 0 Å². The lowest BCUT2D eigenvalue weighted by Gasteiger charge is -2.14. The van der Waals surface area contributed by atoms with Crippen molar-refractivity contribution in [3.8, 4) is 0 Å². The van der Waals surface area contributed by atoms with Crippen molar-refractivity contribution in [3.63, 3.8) is 0 Å². The minimum atomic E-state index is -0.353. The SMILES string of the molecule is CC(C)c1cccc(NC(=O)c2ccc(N3C(=O)c4ccccc4C3=O)cc2)c1. The van der Waals surface area contributed by atoms with Crippen molar-refractivity contribution in [1.29, 1.82) is 0 Å². The molecule has 5 nitrogen and oxygen atoms in total. The Bertz CT molecular complexity index is 1080. The Kier molecular flexibility index (Phi) is 4.72. The number of nitrogens with one attached hydrogen (secondary N) is 1. The number of rotatable bonds is 4. The zero-order valence-electron chi connectivity index (χ0n) is 16.2. The molecule has 0 saturated heterocycles. The van der Waals surface area contributed by atoms with Crippen LogP contribution < -0.4 is 10.2 Å². The van der Waals surface area contributed by atoms with Gasteiger partial charge in [0, 0.05) is 11.3 Å². The fraction of sp³-hybridized carbons (Fsp3) is 0.125. The zero-order valence-corrected chi connectivity index (χ0v) is 16.2. The minimum absolute atomic E-state index is 0.250. The van der Waals surface area contributed by atoms with Crippen LogP contribution >= 0.6 is 0 Å². The molecule has 5 heteroatoms. The molecule has 0 aliphatic carbocycles. The largest absolute Gasteiger partial charge is 0.322 e. The molecule has 3 amide bonds. The molecule has 3 aromatic rings. The van der Waals surface area contributed by atoms with Gasteiger partial charge < -0.3 is 5.32 Å². The summed E-state index contributed by atoms with van der Waals surface area (Å²) in [6.45, 7) is 4.19. The number of carbonyl (C=O) groups is 3. The van der Waals surface area contributed by atoms with Gasteiger partial charge in [0.25, 0.3) is 17.7 Å². The summed E-state index contributed by atoms with van der Waals surface area (Å²) in [5.41, 5.74) is 3.54. The zero-order chi connectivity index (χ0) is 20.5. The highest BCUT2D eigenvalue weighted by Gasteiger charge is 2.36. The van der Waals surface area contributed by atoms with E-state index in [0.717, 1.165) is 16.2 Å². The molecule has 0 fully saturated rings. The summed E-state index contributed by atoms with van der Waals surface area (Å²) < 4.78 is 0. The van der Waals surface area contributed by atoms with Crippen LogP contribution in [0, 0.1) is 0 Å². The molecular formula is C24H20N2O3. The first kappa shape index (κ1) is 18.6. The van der Waals surface area contributed by atoms with Crippen LogP contribution in [0.1, 0.15) is 56.4 Å². The summed E-state index contributed by atoms with van der Waals surface area (Å²) in [4.78, 5) is 38.9. The van der Waals surface area contributed by atoms with E-state index < -0.39 is 0 Å². The maximum absolute atomic E-state index is 12.6. The van der Waals surface area contributed by atoms with E-state index in [1.54, 1.807) is 48.5 Å². The summed E-state index contributed by atoms with van der Waals surface area (Å²) >= 11 is 0. The van der Waals surface area contributed by atoms with Crippen molar-refractivity contribution < 1.29 is 14.4 Å². The molecule has 144 valence electrons. The van der Waals surface area contributed by atoms with E-state index in [-0.39, 0.29) is 17.7 Å². The number of amides is 3. The van der Waals surface area contributed by atoms with Gasteiger partial charge in [0.1, 0.15) is 0 Å². The first-order valence-electron chi connectivity index (χ1n) is 9.45. The van der Waals surface area contributed by atoms with Crippen LogP contribution in [0.3, 0.4) is 0 Å². The van der Waals surface area contributed by atoms with Gasteiger partial charge in [0.2, 0.25) is 0 Å². The lowest BCUT2D eigenvalue weighted by Crippen LogP contribution is -2.29. The summed E-state index contributed by atoms with van der Waals surface area (Å²) in [5.74, 6) is -0.591. The second kappa shape index (κ2) is 7.36. The monoisotopic (exact) mass is 384 g/mol.